The van der Waals surface area contributed by atoms with Crippen LogP contribution in [0.15, 0.2) is 57.5 Å². The molecule has 0 bridgehead atoms. The third-order valence-corrected chi connectivity index (χ3v) is 34.1. The molecule has 2 aromatic rings. The molecule has 200 valence electrons. The van der Waals surface area contributed by atoms with E-state index in [1.165, 1.54) is 22.3 Å². The van der Waals surface area contributed by atoms with Gasteiger partial charge in [0, 0.05) is 0 Å². The maximum atomic E-state index is 2.68. The molecule has 0 fully saturated rings. The van der Waals surface area contributed by atoms with Gasteiger partial charge in [-0.25, -0.2) is 0 Å². The number of hydrogen-bond acceptors (Lipinski definition) is 0. The smallest absolute Gasteiger partial charge is 1.00 e. The molecule has 0 saturated carbocycles. The summed E-state index contributed by atoms with van der Waals surface area (Å²) in [5, 5.41) is 0. The van der Waals surface area contributed by atoms with E-state index in [4.69, 9.17) is 0 Å². The van der Waals surface area contributed by atoms with Crippen molar-refractivity contribution in [3.8, 4) is 11.1 Å². The molecule has 0 N–H and O–H groups in total. The monoisotopic (exact) mass is 720 g/mol. The first-order valence-electron chi connectivity index (χ1n) is 13.4. The van der Waals surface area contributed by atoms with Gasteiger partial charge < -0.3 is 24.8 Å². The second-order valence-corrected chi connectivity index (χ2v) is 38.5. The summed E-state index contributed by atoms with van der Waals surface area (Å²) in [6, 6.07) is 15.0. The van der Waals surface area contributed by atoms with Crippen LogP contribution in [0.3, 0.4) is 0 Å². The first-order chi connectivity index (χ1) is 16.0. The Kier molecular flexibility index (Phi) is 9.95. The average molecular weight is 720 g/mol. The van der Waals surface area contributed by atoms with Gasteiger partial charge in [0.2, 0.25) is 0 Å². The van der Waals surface area contributed by atoms with Gasteiger partial charge in [-0.15, -0.1) is 0 Å². The summed E-state index contributed by atoms with van der Waals surface area (Å²) in [6.45, 7) is 28.9. The number of fused-ring (bicyclic) bond motifs is 3. The summed E-state index contributed by atoms with van der Waals surface area (Å²) in [5.74, 6) is 0.613. The molecule has 37 heavy (non-hydrogen) atoms. The van der Waals surface area contributed by atoms with E-state index in [2.05, 4.69) is 131 Å². The molecule has 0 amide bonds. The molecule has 4 rings (SSSR count). The fourth-order valence-electron chi connectivity index (χ4n) is 5.73. The van der Waals surface area contributed by atoms with Crippen LogP contribution < -0.4 is 24.8 Å². The fourth-order valence-corrected chi connectivity index (χ4v) is 32.8. The quantitative estimate of drug-likeness (QED) is 0.416. The van der Waals surface area contributed by atoms with Crippen LogP contribution in [0.5, 0.6) is 0 Å². The zero-order valence-corrected chi connectivity index (χ0v) is 31.1. The minimum Gasteiger partial charge on any atom is -1.00 e. The molecule has 1 atom stereocenters. The molecule has 2 aliphatic carbocycles. The fraction of sp³-hybridized carbons (Fsp3) is 0.515. The Bertz CT molecular complexity index is 1210. The van der Waals surface area contributed by atoms with Gasteiger partial charge in [-0.05, 0) is 0 Å². The van der Waals surface area contributed by atoms with Crippen LogP contribution in [0.2, 0.25) is 13.1 Å². The maximum Gasteiger partial charge on any atom is -1.00 e. The Hall–Kier alpha value is -0.413. The largest absolute Gasteiger partial charge is 1.00 e. The second kappa shape index (κ2) is 11.2. The van der Waals surface area contributed by atoms with E-state index in [0.717, 1.165) is 0 Å². The molecule has 0 heterocycles. The van der Waals surface area contributed by atoms with E-state index in [1.807, 2.05) is 3.33 Å². The van der Waals surface area contributed by atoms with E-state index in [-0.39, 0.29) is 46.6 Å². The normalized spacial score (nSPS) is 17.0. The topological polar surface area (TPSA) is 0 Å². The van der Waals surface area contributed by atoms with Gasteiger partial charge in [0.05, 0.1) is 0 Å². The molecule has 4 heteroatoms. The Balaban J connectivity index is 0.00000241. The van der Waals surface area contributed by atoms with Crippen molar-refractivity contribution in [1.29, 1.82) is 0 Å². The van der Waals surface area contributed by atoms with Gasteiger partial charge >= 0.3 is 225 Å². The SMILES string of the molecule is CC1C=C(C(C)(C)C)C=[C]1[Hf+2]([CH]1c2ccc(C(C)(C)C)cc2-c2cc(C(C)(C)C)ccc21)=[Si](C)C.[Cl-].[Cl-]. The first-order valence-corrected chi connectivity index (χ1v) is 25.2. The Morgan fingerprint density at radius 1 is 0.676 bits per heavy atom. The van der Waals surface area contributed by atoms with Crippen molar-refractivity contribution in [3.63, 3.8) is 0 Å². The standard InChI is InChI=1S/C21H25.C10H15.C2H6Si.2ClH.Hf/c1-20(2,3)16-9-7-14-11-15-8-10-17(21(4,5)6)13-19(15)18(14)12-16;1-8-5-6-9(7-8)10(2,3)4;1-3-2;;;/h7-13H,1-6H3;6-8H,1-4H3;1-2H3;2*1H;/q;;;;;+2/p-2. The first kappa shape index (κ1) is 32.8. The van der Waals surface area contributed by atoms with Crippen LogP contribution in [0.4, 0.5) is 0 Å². The van der Waals surface area contributed by atoms with Crippen LogP contribution in [-0.2, 0) is 30.9 Å². The molecular formula is C33H46Cl2HfSi. The number of benzene rings is 2. The van der Waals surface area contributed by atoms with Crippen molar-refractivity contribution in [1.82, 2.24) is 0 Å². The Morgan fingerprint density at radius 3 is 1.43 bits per heavy atom. The number of rotatable bonds is 2. The van der Waals surface area contributed by atoms with Gasteiger partial charge in [-0.1, -0.05) is 0 Å². The molecule has 0 spiro atoms. The van der Waals surface area contributed by atoms with Gasteiger partial charge in [-0.3, -0.25) is 0 Å². The molecule has 2 aliphatic rings. The zero-order chi connectivity index (χ0) is 26.1. The third kappa shape index (κ3) is 6.34. The van der Waals surface area contributed by atoms with Crippen LogP contribution in [0, 0.1) is 11.3 Å². The minimum atomic E-state index is -2.24. The van der Waals surface area contributed by atoms with Gasteiger partial charge in [0.1, 0.15) is 0 Å². The van der Waals surface area contributed by atoms with Crippen molar-refractivity contribution < 1.29 is 44.9 Å². The van der Waals surface area contributed by atoms with Crippen molar-refractivity contribution in [2.45, 2.75) is 96.8 Å². The van der Waals surface area contributed by atoms with E-state index in [1.54, 1.807) is 16.7 Å². The van der Waals surface area contributed by atoms with E-state index >= 15 is 0 Å². The molecule has 2 aromatic carbocycles. The predicted octanol–water partition coefficient (Wildman–Crippen LogP) is 3.73. The molecule has 1 unspecified atom stereocenters. The minimum absolute atomic E-state index is 0. The summed E-state index contributed by atoms with van der Waals surface area (Å²) in [7, 11) is 0. The van der Waals surface area contributed by atoms with E-state index < -0.39 is 20.1 Å². The zero-order valence-electron chi connectivity index (χ0n) is 25.0. The molecule has 0 radical (unpaired) electrons. The Labute approximate surface area is 247 Å². The third-order valence-electron chi connectivity index (χ3n) is 7.99. The average Bonchev–Trinajstić information content (AvgIpc) is 3.25. The van der Waals surface area contributed by atoms with Gasteiger partial charge in [-0.2, -0.15) is 0 Å². The number of halogens is 2. The molecular weight excluding hydrogens is 674 g/mol. The maximum absolute atomic E-state index is 2.68. The van der Waals surface area contributed by atoms with E-state index in [0.29, 0.717) is 9.59 Å². The van der Waals surface area contributed by atoms with Crippen molar-refractivity contribution in [2.24, 2.45) is 11.3 Å². The summed E-state index contributed by atoms with van der Waals surface area (Å²) < 4.78 is 2.54. The predicted molar refractivity (Wildman–Crippen MR) is 153 cm³/mol. The van der Waals surface area contributed by atoms with Gasteiger partial charge in [0.15, 0.2) is 0 Å². The van der Waals surface area contributed by atoms with Crippen molar-refractivity contribution in [3.05, 3.63) is 79.7 Å². The molecule has 0 aliphatic heterocycles. The van der Waals surface area contributed by atoms with Crippen molar-refractivity contribution >= 4 is 5.49 Å². The summed E-state index contributed by atoms with van der Waals surface area (Å²) in [6.07, 6.45) is 5.27. The molecule has 0 saturated heterocycles. The van der Waals surface area contributed by atoms with Crippen LogP contribution in [0.25, 0.3) is 11.1 Å². The summed E-state index contributed by atoms with van der Waals surface area (Å²) >= 11 is -2.24. The van der Waals surface area contributed by atoms with Gasteiger partial charge in [0.25, 0.3) is 0 Å². The Morgan fingerprint density at radius 2 is 1.11 bits per heavy atom. The molecule has 0 aromatic heterocycles. The van der Waals surface area contributed by atoms with Crippen LogP contribution in [-0.4, -0.2) is 5.49 Å². The van der Waals surface area contributed by atoms with E-state index in [9.17, 15) is 0 Å². The van der Waals surface area contributed by atoms with Crippen LogP contribution in [0.1, 0.15) is 95.2 Å². The summed E-state index contributed by atoms with van der Waals surface area (Å²) in [5.41, 5.74) is 11.0. The van der Waals surface area contributed by atoms with Crippen LogP contribution >= 0.6 is 0 Å². The van der Waals surface area contributed by atoms with Crippen molar-refractivity contribution in [2.75, 3.05) is 0 Å². The number of allylic oxidation sites excluding steroid dienone is 4. The summed E-state index contributed by atoms with van der Waals surface area (Å²) in [4.78, 5) is 0. The number of hydrogen-bond donors (Lipinski definition) is 0. The molecule has 0 nitrogen and oxygen atoms in total. The second-order valence-electron chi connectivity index (χ2n) is 14.2.